The number of hydrogen-bond acceptors (Lipinski definition) is 1. The van der Waals surface area contributed by atoms with Crippen LogP contribution in [-0.2, 0) is 0 Å². The van der Waals surface area contributed by atoms with Crippen molar-refractivity contribution in [2.75, 3.05) is 0 Å². The van der Waals surface area contributed by atoms with E-state index in [9.17, 15) is 13.2 Å². The second-order valence-corrected chi connectivity index (χ2v) is 3.43. The van der Waals surface area contributed by atoms with Gasteiger partial charge in [0.05, 0.1) is 0 Å². The largest absolute Gasteiger partial charge is 0.265 e. The van der Waals surface area contributed by atoms with Crippen molar-refractivity contribution < 1.29 is 13.2 Å². The molecular formula is C10H9F3NP. The lowest BCUT2D eigenvalue weighted by Gasteiger charge is -2.07. The predicted octanol–water partition coefficient (Wildman–Crippen LogP) is 2.48. The van der Waals surface area contributed by atoms with E-state index in [2.05, 4.69) is 11.6 Å². The van der Waals surface area contributed by atoms with Crippen LogP contribution < -0.4 is 5.30 Å². The Labute approximate surface area is 87.9 Å². The lowest BCUT2D eigenvalue weighted by molar-refractivity contribution is 0.488. The minimum atomic E-state index is -1.19. The van der Waals surface area contributed by atoms with Crippen LogP contribution in [0.25, 0.3) is 0 Å². The third kappa shape index (κ3) is 2.10. The SMILES string of the molecule is C=CN=Cc1c(F)c(F)c(C)c(F)c1P. The van der Waals surface area contributed by atoms with Gasteiger partial charge in [-0.05, 0) is 6.92 Å². The van der Waals surface area contributed by atoms with Crippen molar-refractivity contribution in [3.63, 3.8) is 0 Å². The van der Waals surface area contributed by atoms with Crippen molar-refractivity contribution >= 4 is 20.8 Å². The van der Waals surface area contributed by atoms with Crippen molar-refractivity contribution in [1.82, 2.24) is 0 Å². The quantitative estimate of drug-likeness (QED) is 0.421. The molecule has 0 bridgehead atoms. The fourth-order valence-electron chi connectivity index (χ4n) is 1.07. The third-order valence-electron chi connectivity index (χ3n) is 1.92. The van der Waals surface area contributed by atoms with Crippen molar-refractivity contribution in [3.8, 4) is 0 Å². The van der Waals surface area contributed by atoms with Gasteiger partial charge in [-0.3, -0.25) is 4.99 Å². The summed E-state index contributed by atoms with van der Waals surface area (Å²) < 4.78 is 39.8. The van der Waals surface area contributed by atoms with Crippen LogP contribution in [0.2, 0.25) is 0 Å². The fraction of sp³-hybridized carbons (Fsp3) is 0.100. The summed E-state index contributed by atoms with van der Waals surface area (Å²) >= 11 is 0. The Balaban J connectivity index is 3.52. The molecule has 0 saturated heterocycles. The topological polar surface area (TPSA) is 12.4 Å². The van der Waals surface area contributed by atoms with Crippen LogP contribution in [0.4, 0.5) is 13.2 Å². The molecule has 0 aromatic heterocycles. The number of benzene rings is 1. The minimum absolute atomic E-state index is 0.0444. The minimum Gasteiger partial charge on any atom is -0.265 e. The lowest BCUT2D eigenvalue weighted by Crippen LogP contribution is -2.14. The van der Waals surface area contributed by atoms with Crippen LogP contribution in [0.1, 0.15) is 11.1 Å². The highest BCUT2D eigenvalue weighted by molar-refractivity contribution is 7.27. The van der Waals surface area contributed by atoms with E-state index in [0.717, 1.165) is 12.4 Å². The van der Waals surface area contributed by atoms with E-state index in [1.54, 1.807) is 0 Å². The molecule has 1 aromatic rings. The van der Waals surface area contributed by atoms with Crippen molar-refractivity contribution in [1.29, 1.82) is 0 Å². The zero-order chi connectivity index (χ0) is 11.6. The molecular weight excluding hydrogens is 222 g/mol. The molecule has 0 amide bonds. The zero-order valence-corrected chi connectivity index (χ0v) is 9.17. The van der Waals surface area contributed by atoms with Gasteiger partial charge in [-0.1, -0.05) is 6.58 Å². The van der Waals surface area contributed by atoms with Crippen LogP contribution in [0, 0.1) is 24.4 Å². The molecule has 0 fully saturated rings. The maximum atomic E-state index is 13.3. The molecule has 0 saturated carbocycles. The normalized spacial score (nSPS) is 11.0. The Morgan fingerprint density at radius 3 is 2.33 bits per heavy atom. The van der Waals surface area contributed by atoms with E-state index in [1.165, 1.54) is 6.92 Å². The van der Waals surface area contributed by atoms with E-state index in [4.69, 9.17) is 0 Å². The van der Waals surface area contributed by atoms with Crippen LogP contribution in [-0.4, -0.2) is 6.21 Å². The molecule has 0 aliphatic heterocycles. The Morgan fingerprint density at radius 1 is 1.20 bits per heavy atom. The zero-order valence-electron chi connectivity index (χ0n) is 8.02. The van der Waals surface area contributed by atoms with E-state index < -0.39 is 17.5 Å². The number of aliphatic imine (C=N–C) groups is 1. The van der Waals surface area contributed by atoms with Gasteiger partial charge in [0.25, 0.3) is 0 Å². The summed E-state index contributed by atoms with van der Waals surface area (Å²) in [6.45, 7) is 4.46. The van der Waals surface area contributed by atoms with E-state index >= 15 is 0 Å². The first-order valence-corrected chi connectivity index (χ1v) is 4.65. The Kier molecular flexibility index (Phi) is 3.64. The van der Waals surface area contributed by atoms with Gasteiger partial charge in [0.1, 0.15) is 5.82 Å². The maximum absolute atomic E-state index is 13.3. The molecule has 1 aromatic carbocycles. The van der Waals surface area contributed by atoms with Crippen LogP contribution in [0.15, 0.2) is 17.8 Å². The highest BCUT2D eigenvalue weighted by Crippen LogP contribution is 2.18. The van der Waals surface area contributed by atoms with Gasteiger partial charge in [0.15, 0.2) is 11.6 Å². The number of halogens is 3. The Hall–Kier alpha value is -1.15. The molecule has 5 heteroatoms. The van der Waals surface area contributed by atoms with Crippen LogP contribution >= 0.6 is 9.24 Å². The summed E-state index contributed by atoms with van der Waals surface area (Å²) in [6.07, 6.45) is 2.18. The second-order valence-electron chi connectivity index (χ2n) is 2.86. The summed E-state index contributed by atoms with van der Waals surface area (Å²) in [5.41, 5.74) is -0.561. The first-order valence-electron chi connectivity index (χ1n) is 4.07. The van der Waals surface area contributed by atoms with Gasteiger partial charge in [-0.15, -0.1) is 9.24 Å². The van der Waals surface area contributed by atoms with Gasteiger partial charge in [-0.25, -0.2) is 13.2 Å². The number of nitrogens with zero attached hydrogens (tertiary/aromatic N) is 1. The predicted molar refractivity (Wildman–Crippen MR) is 58.2 cm³/mol. The van der Waals surface area contributed by atoms with Crippen LogP contribution in [0.5, 0.6) is 0 Å². The third-order valence-corrected chi connectivity index (χ3v) is 2.49. The average molecular weight is 231 g/mol. The van der Waals surface area contributed by atoms with E-state index in [1.807, 2.05) is 9.24 Å². The molecule has 0 N–H and O–H groups in total. The molecule has 1 unspecified atom stereocenters. The van der Waals surface area contributed by atoms with Crippen molar-refractivity contribution in [2.24, 2.45) is 4.99 Å². The molecule has 1 atom stereocenters. The summed E-state index contributed by atoms with van der Waals surface area (Å²) in [4.78, 5) is 3.53. The first-order chi connectivity index (χ1) is 7.00. The Bertz CT molecular complexity index is 412. The Morgan fingerprint density at radius 2 is 1.80 bits per heavy atom. The summed E-state index contributed by atoms with van der Waals surface area (Å²) in [6, 6.07) is 0. The molecule has 0 radical (unpaired) electrons. The molecule has 0 aliphatic carbocycles. The highest BCUT2D eigenvalue weighted by atomic mass is 31.0. The smallest absolute Gasteiger partial charge is 0.168 e. The molecule has 0 heterocycles. The fourth-order valence-corrected chi connectivity index (χ4v) is 1.49. The molecule has 1 nitrogen and oxygen atoms in total. The summed E-state index contributed by atoms with van der Waals surface area (Å²) in [7, 11) is 2.02. The van der Waals surface area contributed by atoms with Gasteiger partial charge < -0.3 is 0 Å². The molecule has 0 aliphatic rings. The highest BCUT2D eigenvalue weighted by Gasteiger charge is 2.18. The summed E-state index contributed by atoms with van der Waals surface area (Å²) in [5.74, 6) is -3.09. The van der Waals surface area contributed by atoms with Crippen LogP contribution in [0.3, 0.4) is 0 Å². The molecule has 1 rings (SSSR count). The molecule has 15 heavy (non-hydrogen) atoms. The van der Waals surface area contributed by atoms with Gasteiger partial charge in [0.2, 0.25) is 0 Å². The van der Waals surface area contributed by atoms with Gasteiger partial charge >= 0.3 is 0 Å². The van der Waals surface area contributed by atoms with Gasteiger partial charge in [0, 0.05) is 28.8 Å². The van der Waals surface area contributed by atoms with Gasteiger partial charge in [-0.2, -0.15) is 0 Å². The molecule has 80 valence electrons. The first kappa shape index (κ1) is 11.9. The number of rotatable bonds is 2. The van der Waals surface area contributed by atoms with E-state index in [-0.39, 0.29) is 16.4 Å². The number of hydrogen-bond donors (Lipinski definition) is 0. The van der Waals surface area contributed by atoms with Crippen molar-refractivity contribution in [2.45, 2.75) is 6.92 Å². The van der Waals surface area contributed by atoms with E-state index in [0.29, 0.717) is 0 Å². The lowest BCUT2D eigenvalue weighted by atomic mass is 10.1. The maximum Gasteiger partial charge on any atom is 0.168 e. The monoisotopic (exact) mass is 231 g/mol. The standard InChI is InChI=1S/C10H9F3NP/c1-3-14-4-6-9(13)7(11)5(2)8(12)10(6)15/h3-4H,1,15H2,2H3. The summed E-state index contributed by atoms with van der Waals surface area (Å²) in [5, 5.41) is -0.0444. The molecule has 0 spiro atoms. The van der Waals surface area contributed by atoms with Crippen molar-refractivity contribution in [3.05, 3.63) is 41.4 Å². The second kappa shape index (κ2) is 4.58. The average Bonchev–Trinajstić information content (AvgIpc) is 2.24.